The van der Waals surface area contributed by atoms with Gasteiger partial charge in [-0.05, 0) is 107 Å². The number of fused-ring (bicyclic) bond motifs is 2. The fourth-order valence-electron chi connectivity index (χ4n) is 11.3. The largest absolute Gasteiger partial charge is 2.00 e. The SMILES string of the molecule is CCCCCCCCCCCCc1cc(S(=O)(=O)[O-])c2cccc(CCCCCCCCCCCC)c2c1.CCCCCCCCCCCCc1cc(S(=O)(=O)[O-])c2cccc(CCCCCCCCCCCC)c2c1.[Ba+2]. The smallest absolute Gasteiger partial charge is 0.744 e. The van der Waals surface area contributed by atoms with E-state index in [0.717, 1.165) is 86.1 Å². The Bertz CT molecular complexity index is 2160. The molecular weight excluding hydrogens is 1110 g/mol. The van der Waals surface area contributed by atoms with Crippen molar-refractivity contribution in [3.63, 3.8) is 0 Å². The molecule has 0 atom stereocenters. The second-order valence-corrected chi connectivity index (χ2v) is 25.5. The Hall–Kier alpha value is -1.21. The maximum absolute atomic E-state index is 12.1. The molecule has 4 aromatic rings. The number of unbranched alkanes of at least 4 members (excludes halogenated alkanes) is 36. The van der Waals surface area contributed by atoms with Crippen LogP contribution in [-0.2, 0) is 45.9 Å². The molecule has 0 aliphatic heterocycles. The first-order valence-corrected chi connectivity index (χ1v) is 34.8. The first-order chi connectivity index (χ1) is 36.9. The molecule has 0 aromatic heterocycles. The van der Waals surface area contributed by atoms with E-state index in [2.05, 4.69) is 52.0 Å². The monoisotopic (exact) mass is 1220 g/mol. The van der Waals surface area contributed by atoms with Crippen molar-refractivity contribution >= 4 is 90.7 Å². The van der Waals surface area contributed by atoms with E-state index in [0.29, 0.717) is 10.8 Å². The topological polar surface area (TPSA) is 114 Å². The van der Waals surface area contributed by atoms with E-state index in [1.807, 2.05) is 12.1 Å². The summed E-state index contributed by atoms with van der Waals surface area (Å²) in [7, 11) is -9.03. The molecule has 0 amide bonds. The first-order valence-electron chi connectivity index (χ1n) is 31.9. The van der Waals surface area contributed by atoms with Crippen LogP contribution in [0.1, 0.15) is 307 Å². The van der Waals surface area contributed by atoms with Crippen molar-refractivity contribution < 1.29 is 25.9 Å². The molecule has 432 valence electrons. The summed E-state index contributed by atoms with van der Waals surface area (Å²) in [6, 6.07) is 19.2. The quantitative estimate of drug-likeness (QED) is 0.0247. The zero-order chi connectivity index (χ0) is 55.0. The Morgan fingerprint density at radius 1 is 0.286 bits per heavy atom. The summed E-state index contributed by atoms with van der Waals surface area (Å²) < 4.78 is 72.8. The standard InChI is InChI=1S/2C34H56O3S.Ba/c2*1-3-5-7-9-11-13-15-17-19-21-24-30-28-33-31(25-22-20-18-16-14-12-10-8-6-4-2)26-23-27-32(33)34(29-30)38(35,36)37;/h2*23,26-29H,3-22,24-25H2,1-2H3,(H,35,36,37);/q;;+2/p-2. The van der Waals surface area contributed by atoms with Crippen molar-refractivity contribution in [2.24, 2.45) is 0 Å². The van der Waals surface area contributed by atoms with Crippen LogP contribution in [0.25, 0.3) is 21.5 Å². The van der Waals surface area contributed by atoms with Crippen LogP contribution in [0.3, 0.4) is 0 Å². The van der Waals surface area contributed by atoms with E-state index in [4.69, 9.17) is 0 Å². The molecule has 0 N–H and O–H groups in total. The van der Waals surface area contributed by atoms with E-state index in [-0.39, 0.29) is 58.7 Å². The zero-order valence-electron chi connectivity index (χ0n) is 49.9. The predicted octanol–water partition coefficient (Wildman–Crippen LogP) is 21.0. The minimum absolute atomic E-state index is 0. The Morgan fingerprint density at radius 2 is 0.506 bits per heavy atom. The summed E-state index contributed by atoms with van der Waals surface area (Å²) in [6.07, 6.45) is 55.1. The predicted molar refractivity (Wildman–Crippen MR) is 332 cm³/mol. The number of hydrogen-bond donors (Lipinski definition) is 0. The van der Waals surface area contributed by atoms with E-state index in [1.165, 1.54) is 229 Å². The molecule has 77 heavy (non-hydrogen) atoms. The van der Waals surface area contributed by atoms with Crippen molar-refractivity contribution in [1.29, 1.82) is 0 Å². The van der Waals surface area contributed by atoms with E-state index >= 15 is 0 Å². The third-order valence-corrected chi connectivity index (χ3v) is 17.7. The van der Waals surface area contributed by atoms with Crippen LogP contribution in [0, 0.1) is 0 Å². The Morgan fingerprint density at radius 3 is 0.740 bits per heavy atom. The number of benzene rings is 4. The first kappa shape index (κ1) is 71.9. The molecule has 0 spiro atoms. The molecule has 0 fully saturated rings. The van der Waals surface area contributed by atoms with Crippen LogP contribution in [0.2, 0.25) is 0 Å². The van der Waals surface area contributed by atoms with E-state index < -0.39 is 20.2 Å². The average Bonchev–Trinajstić information content (AvgIpc) is 3.40. The summed E-state index contributed by atoms with van der Waals surface area (Å²) in [5.74, 6) is 0. The minimum atomic E-state index is -4.52. The Balaban J connectivity index is 0.000000520. The molecule has 0 saturated heterocycles. The van der Waals surface area contributed by atoms with Gasteiger partial charge in [0.1, 0.15) is 20.2 Å². The van der Waals surface area contributed by atoms with Gasteiger partial charge in [-0.25, -0.2) is 16.8 Å². The van der Waals surface area contributed by atoms with Crippen LogP contribution in [-0.4, -0.2) is 74.8 Å². The van der Waals surface area contributed by atoms with Crippen LogP contribution < -0.4 is 0 Å². The molecule has 0 unspecified atom stereocenters. The van der Waals surface area contributed by atoms with Crippen molar-refractivity contribution in [2.75, 3.05) is 0 Å². The third kappa shape index (κ3) is 32.3. The maximum Gasteiger partial charge on any atom is 2.00 e. The van der Waals surface area contributed by atoms with Crippen molar-refractivity contribution in [3.05, 3.63) is 82.9 Å². The fourth-order valence-corrected chi connectivity index (χ4v) is 12.8. The molecule has 0 aliphatic rings. The van der Waals surface area contributed by atoms with Crippen molar-refractivity contribution in [3.8, 4) is 0 Å². The van der Waals surface area contributed by atoms with Crippen LogP contribution >= 0.6 is 0 Å². The van der Waals surface area contributed by atoms with Crippen molar-refractivity contribution in [2.45, 2.75) is 320 Å². The van der Waals surface area contributed by atoms with Gasteiger partial charge in [-0.3, -0.25) is 0 Å². The van der Waals surface area contributed by atoms with E-state index in [1.54, 1.807) is 24.3 Å². The van der Waals surface area contributed by atoms with Gasteiger partial charge in [-0.15, -0.1) is 0 Å². The molecule has 4 aromatic carbocycles. The zero-order valence-corrected chi connectivity index (χ0v) is 55.9. The molecule has 0 heterocycles. The summed E-state index contributed by atoms with van der Waals surface area (Å²) >= 11 is 0. The summed E-state index contributed by atoms with van der Waals surface area (Å²) in [5.41, 5.74) is 4.33. The average molecular weight is 1230 g/mol. The van der Waals surface area contributed by atoms with Gasteiger partial charge in [0.25, 0.3) is 0 Å². The third-order valence-electron chi connectivity index (χ3n) is 16.0. The molecule has 9 heteroatoms. The van der Waals surface area contributed by atoms with Crippen LogP contribution in [0.5, 0.6) is 0 Å². The van der Waals surface area contributed by atoms with E-state index in [9.17, 15) is 25.9 Å². The molecule has 0 aliphatic carbocycles. The second-order valence-electron chi connectivity index (χ2n) is 22.8. The van der Waals surface area contributed by atoms with Gasteiger partial charge in [0.05, 0.1) is 9.79 Å². The molecule has 0 radical (unpaired) electrons. The number of aryl methyl sites for hydroxylation is 4. The molecule has 4 rings (SSSR count). The second kappa shape index (κ2) is 45.3. The summed E-state index contributed by atoms with van der Waals surface area (Å²) in [5, 5.41) is 3.11. The summed E-state index contributed by atoms with van der Waals surface area (Å²) in [4.78, 5) is -0.0796. The Labute approximate surface area is 514 Å². The number of rotatable bonds is 46. The van der Waals surface area contributed by atoms with Gasteiger partial charge in [-0.1, -0.05) is 307 Å². The van der Waals surface area contributed by atoms with Gasteiger partial charge in [-0.2, -0.15) is 0 Å². The molecule has 0 bridgehead atoms. The van der Waals surface area contributed by atoms with Crippen molar-refractivity contribution in [1.82, 2.24) is 0 Å². The molecular formula is C68H110BaO6S2. The van der Waals surface area contributed by atoms with Gasteiger partial charge in [0.15, 0.2) is 0 Å². The van der Waals surface area contributed by atoms with Crippen LogP contribution in [0.15, 0.2) is 70.5 Å². The maximum atomic E-state index is 12.1. The summed E-state index contributed by atoms with van der Waals surface area (Å²) in [6.45, 7) is 9.03. The molecule has 0 saturated carbocycles. The number of hydrogen-bond acceptors (Lipinski definition) is 6. The minimum Gasteiger partial charge on any atom is -0.744 e. The van der Waals surface area contributed by atoms with Gasteiger partial charge in [0.2, 0.25) is 0 Å². The van der Waals surface area contributed by atoms with Crippen LogP contribution in [0.4, 0.5) is 0 Å². The van der Waals surface area contributed by atoms with Gasteiger partial charge < -0.3 is 9.11 Å². The molecule has 6 nitrogen and oxygen atoms in total. The van der Waals surface area contributed by atoms with Gasteiger partial charge >= 0.3 is 48.9 Å². The van der Waals surface area contributed by atoms with Gasteiger partial charge in [0, 0.05) is 0 Å². The Kier molecular flexibility index (Phi) is 42.3. The normalized spacial score (nSPS) is 11.8. The fraction of sp³-hybridized carbons (Fsp3) is 0.706.